The Morgan fingerprint density at radius 3 is 2.77 bits per heavy atom. The Kier molecular flexibility index (Phi) is 3.82. The van der Waals surface area contributed by atoms with Gasteiger partial charge in [0.1, 0.15) is 6.61 Å². The number of allylic oxidation sites excluding steroid dienone is 1. The first-order valence-electron chi connectivity index (χ1n) is 4.23. The summed E-state index contributed by atoms with van der Waals surface area (Å²) < 4.78 is 6.87. The van der Waals surface area contributed by atoms with E-state index >= 15 is 0 Å². The van der Waals surface area contributed by atoms with Crippen LogP contribution in [0.15, 0.2) is 36.7 Å². The summed E-state index contributed by atoms with van der Waals surface area (Å²) in [7, 11) is 0. The third kappa shape index (κ3) is 3.60. The lowest BCUT2D eigenvalue weighted by molar-refractivity contribution is -0.138. The summed E-state index contributed by atoms with van der Waals surface area (Å²) >= 11 is 0. The first kappa shape index (κ1) is 9.58. The second-order valence-corrected chi connectivity index (χ2v) is 2.59. The predicted octanol–water partition coefficient (Wildman–Crippen LogP) is 1.61. The number of hydrogen-bond donors (Lipinski definition) is 0. The molecule has 0 aromatic carbocycles. The monoisotopic (exact) mass is 179 g/mol. The van der Waals surface area contributed by atoms with Gasteiger partial charge in [-0.05, 0) is 19.1 Å². The molecule has 0 aliphatic carbocycles. The Morgan fingerprint density at radius 2 is 2.15 bits per heavy atom. The van der Waals surface area contributed by atoms with Crippen molar-refractivity contribution >= 4 is 5.97 Å². The highest BCUT2D eigenvalue weighted by Gasteiger charge is 1.95. The lowest BCUT2D eigenvalue weighted by Gasteiger charge is -2.02. The van der Waals surface area contributed by atoms with E-state index in [4.69, 9.17) is 4.74 Å². The van der Waals surface area contributed by atoms with E-state index < -0.39 is 0 Å². The zero-order chi connectivity index (χ0) is 9.52. The fourth-order valence-electron chi connectivity index (χ4n) is 0.955. The highest BCUT2D eigenvalue weighted by Crippen LogP contribution is 1.90. The second-order valence-electron chi connectivity index (χ2n) is 2.59. The molecule has 0 aliphatic rings. The average molecular weight is 179 g/mol. The van der Waals surface area contributed by atoms with Crippen LogP contribution in [0.3, 0.4) is 0 Å². The number of aromatic nitrogens is 1. The minimum Gasteiger partial charge on any atom is -0.461 e. The highest BCUT2D eigenvalue weighted by molar-refractivity contribution is 5.81. The van der Waals surface area contributed by atoms with Crippen molar-refractivity contribution in [3.05, 3.63) is 36.7 Å². The van der Waals surface area contributed by atoms with Gasteiger partial charge in [-0.1, -0.05) is 6.08 Å². The van der Waals surface area contributed by atoms with Crippen LogP contribution >= 0.6 is 0 Å². The molecule has 1 rings (SSSR count). The van der Waals surface area contributed by atoms with E-state index in [1.54, 1.807) is 13.0 Å². The largest absolute Gasteiger partial charge is 0.461 e. The summed E-state index contributed by atoms with van der Waals surface area (Å²) in [6.07, 6.45) is 6.95. The molecule has 0 atom stereocenters. The molecule has 70 valence electrons. The van der Waals surface area contributed by atoms with Gasteiger partial charge in [0, 0.05) is 18.5 Å². The molecule has 0 bridgehead atoms. The molecule has 0 radical (unpaired) electrons. The molecule has 1 aromatic rings. The van der Waals surface area contributed by atoms with Crippen LogP contribution in [0, 0.1) is 0 Å². The van der Waals surface area contributed by atoms with Crippen LogP contribution in [-0.4, -0.2) is 17.1 Å². The number of esters is 1. The number of hydrogen-bond acceptors (Lipinski definition) is 2. The molecule has 13 heavy (non-hydrogen) atoms. The van der Waals surface area contributed by atoms with Gasteiger partial charge in [-0.3, -0.25) is 0 Å². The summed E-state index contributed by atoms with van der Waals surface area (Å²) in [5, 5.41) is 0. The summed E-state index contributed by atoms with van der Waals surface area (Å²) in [4.78, 5) is 10.9. The van der Waals surface area contributed by atoms with Gasteiger partial charge < -0.3 is 9.30 Å². The van der Waals surface area contributed by atoms with Crippen LogP contribution < -0.4 is 0 Å². The topological polar surface area (TPSA) is 31.2 Å². The van der Waals surface area contributed by atoms with Crippen LogP contribution in [0.2, 0.25) is 0 Å². The van der Waals surface area contributed by atoms with Crippen molar-refractivity contribution in [1.29, 1.82) is 0 Å². The summed E-state index contributed by atoms with van der Waals surface area (Å²) in [5.41, 5.74) is 0. The maximum atomic E-state index is 10.9. The van der Waals surface area contributed by atoms with Crippen LogP contribution in [0.1, 0.15) is 6.92 Å². The van der Waals surface area contributed by atoms with Gasteiger partial charge in [-0.15, -0.1) is 0 Å². The molecule has 0 saturated heterocycles. The maximum absolute atomic E-state index is 10.9. The van der Waals surface area contributed by atoms with Crippen LogP contribution in [-0.2, 0) is 16.1 Å². The first-order valence-corrected chi connectivity index (χ1v) is 4.23. The van der Waals surface area contributed by atoms with Crippen molar-refractivity contribution in [3.63, 3.8) is 0 Å². The van der Waals surface area contributed by atoms with Crippen molar-refractivity contribution in [3.8, 4) is 0 Å². The molecule has 0 spiro atoms. The molecule has 0 aliphatic heterocycles. The summed E-state index contributed by atoms with van der Waals surface area (Å²) in [6, 6.07) is 3.88. The predicted molar refractivity (Wildman–Crippen MR) is 50.2 cm³/mol. The van der Waals surface area contributed by atoms with Gasteiger partial charge in [-0.25, -0.2) is 4.79 Å². The highest BCUT2D eigenvalue weighted by atomic mass is 16.5. The molecule has 0 unspecified atom stereocenters. The van der Waals surface area contributed by atoms with E-state index in [2.05, 4.69) is 0 Å². The maximum Gasteiger partial charge on any atom is 0.330 e. The SMILES string of the molecule is C/C=C/C(=O)OCCn1cccc1. The fourth-order valence-corrected chi connectivity index (χ4v) is 0.955. The molecule has 3 heteroatoms. The van der Waals surface area contributed by atoms with Gasteiger partial charge in [0.05, 0.1) is 6.54 Å². The minimum atomic E-state index is -0.283. The Bertz CT molecular complexity index is 275. The van der Waals surface area contributed by atoms with E-state index in [0.717, 1.165) is 0 Å². The molecular weight excluding hydrogens is 166 g/mol. The van der Waals surface area contributed by atoms with Crippen LogP contribution in [0.4, 0.5) is 0 Å². The van der Waals surface area contributed by atoms with Crippen molar-refractivity contribution in [2.24, 2.45) is 0 Å². The molecule has 0 N–H and O–H groups in total. The van der Waals surface area contributed by atoms with Crippen molar-refractivity contribution in [2.75, 3.05) is 6.61 Å². The molecule has 0 fully saturated rings. The van der Waals surface area contributed by atoms with Crippen LogP contribution in [0.25, 0.3) is 0 Å². The van der Waals surface area contributed by atoms with Gasteiger partial charge in [0.15, 0.2) is 0 Å². The molecular formula is C10H13NO2. The first-order chi connectivity index (χ1) is 6.33. The average Bonchev–Trinajstić information content (AvgIpc) is 2.57. The number of carbonyl (C=O) groups is 1. The van der Waals surface area contributed by atoms with Gasteiger partial charge >= 0.3 is 5.97 Å². The smallest absolute Gasteiger partial charge is 0.330 e. The number of carbonyl (C=O) groups excluding carboxylic acids is 1. The summed E-state index contributed by atoms with van der Waals surface area (Å²) in [5.74, 6) is -0.283. The Hall–Kier alpha value is -1.51. The molecule has 0 saturated carbocycles. The van der Waals surface area contributed by atoms with E-state index in [-0.39, 0.29) is 5.97 Å². The molecule has 1 heterocycles. The molecule has 3 nitrogen and oxygen atoms in total. The third-order valence-electron chi connectivity index (χ3n) is 1.56. The van der Waals surface area contributed by atoms with Gasteiger partial charge in [0.25, 0.3) is 0 Å². The van der Waals surface area contributed by atoms with E-state index in [1.807, 2.05) is 29.1 Å². The van der Waals surface area contributed by atoms with Gasteiger partial charge in [0.2, 0.25) is 0 Å². The Labute approximate surface area is 77.6 Å². The molecule has 0 amide bonds. The lowest BCUT2D eigenvalue weighted by Crippen LogP contribution is -2.07. The van der Waals surface area contributed by atoms with Gasteiger partial charge in [-0.2, -0.15) is 0 Å². The molecule has 1 aromatic heterocycles. The standard InChI is InChI=1S/C10H13NO2/c1-2-5-10(12)13-9-8-11-6-3-4-7-11/h2-7H,8-9H2,1H3/b5-2+. The summed E-state index contributed by atoms with van der Waals surface area (Å²) in [6.45, 7) is 2.90. The second kappa shape index (κ2) is 5.19. The number of nitrogens with zero attached hydrogens (tertiary/aromatic N) is 1. The van der Waals surface area contributed by atoms with Crippen LogP contribution in [0.5, 0.6) is 0 Å². The Balaban J connectivity index is 2.18. The van der Waals surface area contributed by atoms with Crippen molar-refractivity contribution < 1.29 is 9.53 Å². The van der Waals surface area contributed by atoms with E-state index in [9.17, 15) is 4.79 Å². The van der Waals surface area contributed by atoms with E-state index in [1.165, 1.54) is 6.08 Å². The zero-order valence-corrected chi connectivity index (χ0v) is 7.64. The number of ether oxygens (including phenoxy) is 1. The third-order valence-corrected chi connectivity index (χ3v) is 1.56. The number of rotatable bonds is 4. The fraction of sp³-hybridized carbons (Fsp3) is 0.300. The lowest BCUT2D eigenvalue weighted by atomic mass is 10.5. The minimum absolute atomic E-state index is 0.283. The van der Waals surface area contributed by atoms with Crippen molar-refractivity contribution in [1.82, 2.24) is 4.57 Å². The quantitative estimate of drug-likeness (QED) is 0.519. The van der Waals surface area contributed by atoms with E-state index in [0.29, 0.717) is 13.2 Å². The zero-order valence-electron chi connectivity index (χ0n) is 7.64. The normalized spacial score (nSPS) is 10.5. The Morgan fingerprint density at radius 1 is 1.46 bits per heavy atom. The van der Waals surface area contributed by atoms with Crippen molar-refractivity contribution in [2.45, 2.75) is 13.5 Å².